The molecule has 0 bridgehead atoms. The average Bonchev–Trinajstić information content (AvgIpc) is 2.28. The van der Waals surface area contributed by atoms with Gasteiger partial charge in [-0.05, 0) is 38.5 Å². The minimum absolute atomic E-state index is 0.129. The van der Waals surface area contributed by atoms with Gasteiger partial charge >= 0.3 is 6.11 Å². The zero-order chi connectivity index (χ0) is 15.6. The van der Waals surface area contributed by atoms with Crippen LogP contribution in [0.2, 0.25) is 0 Å². The van der Waals surface area contributed by atoms with Crippen LogP contribution in [0.3, 0.4) is 0 Å². The Balaban J connectivity index is 2.83. The van der Waals surface area contributed by atoms with Gasteiger partial charge in [0.15, 0.2) is 11.6 Å². The van der Waals surface area contributed by atoms with E-state index in [-0.39, 0.29) is 11.3 Å². The van der Waals surface area contributed by atoms with Crippen LogP contribution in [0.15, 0.2) is 18.2 Å². The van der Waals surface area contributed by atoms with Crippen molar-refractivity contribution in [3.63, 3.8) is 0 Å². The van der Waals surface area contributed by atoms with Gasteiger partial charge in [-0.3, -0.25) is 0 Å². The summed E-state index contributed by atoms with van der Waals surface area (Å²) in [6.45, 7) is 4.36. The predicted octanol–water partition coefficient (Wildman–Crippen LogP) is 1.86. The highest BCUT2D eigenvalue weighted by Crippen LogP contribution is 2.25. The molecule has 20 heavy (non-hydrogen) atoms. The van der Waals surface area contributed by atoms with Crippen molar-refractivity contribution < 1.29 is 32.5 Å². The number of rotatable bonds is 5. The second-order valence-electron chi connectivity index (χ2n) is 5.07. The number of aliphatic carboxylic acids is 1. The van der Waals surface area contributed by atoms with E-state index in [1.807, 2.05) is 0 Å². The monoisotopic (exact) mass is 291 g/mol. The number of carboxylic acids is 1. The van der Waals surface area contributed by atoms with E-state index in [1.165, 1.54) is 12.1 Å². The fourth-order valence-corrected chi connectivity index (χ4v) is 1.28. The molecule has 4 nitrogen and oxygen atoms in total. The predicted molar refractivity (Wildman–Crippen MR) is 61.5 cm³/mol. The number of carbonyl (C=O) groups is 1. The SMILES string of the molecule is CC(C)(C)Oc1cc(COC(F)(F)C(=O)[O-])ccc1F. The van der Waals surface area contributed by atoms with Gasteiger partial charge in [0.05, 0.1) is 6.61 Å². The molecule has 0 fully saturated rings. The Bertz CT molecular complexity index is 495. The molecule has 0 saturated heterocycles. The molecule has 0 aliphatic rings. The van der Waals surface area contributed by atoms with E-state index < -0.39 is 30.1 Å². The van der Waals surface area contributed by atoms with E-state index >= 15 is 0 Å². The van der Waals surface area contributed by atoms with E-state index in [4.69, 9.17) is 4.74 Å². The molecule has 7 heteroatoms. The third kappa shape index (κ3) is 4.73. The second kappa shape index (κ2) is 5.70. The van der Waals surface area contributed by atoms with Gasteiger partial charge in [0.2, 0.25) is 0 Å². The Labute approximate surface area is 114 Å². The van der Waals surface area contributed by atoms with Crippen molar-refractivity contribution in [3.8, 4) is 5.75 Å². The molecular weight excluding hydrogens is 277 g/mol. The number of carbonyl (C=O) groups excluding carboxylic acids is 1. The first-order valence-electron chi connectivity index (χ1n) is 5.72. The highest BCUT2D eigenvalue weighted by molar-refractivity contribution is 5.71. The molecule has 0 spiro atoms. The van der Waals surface area contributed by atoms with Crippen LogP contribution in [0.5, 0.6) is 5.75 Å². The molecular formula is C13H14F3O4-. The maximum Gasteiger partial charge on any atom is 0.397 e. The van der Waals surface area contributed by atoms with Gasteiger partial charge < -0.3 is 19.4 Å². The minimum atomic E-state index is -4.40. The van der Waals surface area contributed by atoms with Crippen molar-refractivity contribution in [1.82, 2.24) is 0 Å². The quantitative estimate of drug-likeness (QED) is 0.831. The first kappa shape index (κ1) is 16.3. The Hall–Kier alpha value is -1.76. The highest BCUT2D eigenvalue weighted by atomic mass is 19.3. The normalized spacial score (nSPS) is 12.3. The zero-order valence-corrected chi connectivity index (χ0v) is 11.2. The van der Waals surface area contributed by atoms with Crippen LogP contribution in [0.4, 0.5) is 13.2 Å². The summed E-state index contributed by atoms with van der Waals surface area (Å²) in [7, 11) is 0. The Kier molecular flexibility index (Phi) is 4.65. The molecule has 0 aromatic heterocycles. The van der Waals surface area contributed by atoms with Gasteiger partial charge in [0.1, 0.15) is 11.6 Å². The molecule has 1 aromatic carbocycles. The molecule has 0 aliphatic heterocycles. The van der Waals surface area contributed by atoms with Crippen molar-refractivity contribution in [2.75, 3.05) is 0 Å². The molecule has 0 amide bonds. The van der Waals surface area contributed by atoms with Gasteiger partial charge in [-0.25, -0.2) is 4.39 Å². The summed E-state index contributed by atoms with van der Waals surface area (Å²) in [6.07, 6.45) is -4.40. The van der Waals surface area contributed by atoms with Gasteiger partial charge in [0.25, 0.3) is 0 Å². The summed E-state index contributed by atoms with van der Waals surface area (Å²) in [5, 5.41) is 10.1. The number of alkyl halides is 2. The fourth-order valence-electron chi connectivity index (χ4n) is 1.28. The maximum absolute atomic E-state index is 13.5. The number of halogens is 3. The van der Waals surface area contributed by atoms with E-state index in [2.05, 4.69) is 4.74 Å². The molecule has 0 unspecified atom stereocenters. The summed E-state index contributed by atoms with van der Waals surface area (Å²) in [5.74, 6) is -3.42. The fraction of sp³-hybridized carbons (Fsp3) is 0.462. The third-order valence-electron chi connectivity index (χ3n) is 2.07. The average molecular weight is 291 g/mol. The Morgan fingerprint density at radius 3 is 2.40 bits per heavy atom. The zero-order valence-electron chi connectivity index (χ0n) is 11.2. The molecule has 0 heterocycles. The van der Waals surface area contributed by atoms with E-state index in [1.54, 1.807) is 20.8 Å². The smallest absolute Gasteiger partial charge is 0.397 e. The summed E-state index contributed by atoms with van der Waals surface area (Å²) in [6, 6.07) is 3.39. The van der Waals surface area contributed by atoms with Crippen LogP contribution in [0, 0.1) is 5.82 Å². The van der Waals surface area contributed by atoms with E-state index in [9.17, 15) is 23.1 Å². The Morgan fingerprint density at radius 2 is 1.90 bits per heavy atom. The number of ether oxygens (including phenoxy) is 2. The van der Waals surface area contributed by atoms with Crippen LogP contribution in [0.25, 0.3) is 0 Å². The Morgan fingerprint density at radius 1 is 1.30 bits per heavy atom. The molecule has 0 N–H and O–H groups in total. The van der Waals surface area contributed by atoms with Crippen molar-refractivity contribution in [3.05, 3.63) is 29.6 Å². The molecule has 1 aromatic rings. The largest absolute Gasteiger partial charge is 0.542 e. The molecule has 1 rings (SSSR count). The van der Waals surface area contributed by atoms with Crippen LogP contribution < -0.4 is 9.84 Å². The summed E-state index contributed by atoms with van der Waals surface area (Å²) in [5.41, 5.74) is -0.526. The summed E-state index contributed by atoms with van der Waals surface area (Å²) < 4.78 is 48.1. The van der Waals surface area contributed by atoms with Crippen molar-refractivity contribution in [1.29, 1.82) is 0 Å². The van der Waals surface area contributed by atoms with Gasteiger partial charge in [-0.1, -0.05) is 6.07 Å². The van der Waals surface area contributed by atoms with Gasteiger partial charge in [0, 0.05) is 0 Å². The number of hydrogen-bond acceptors (Lipinski definition) is 4. The molecule has 0 aliphatic carbocycles. The summed E-state index contributed by atoms with van der Waals surface area (Å²) in [4.78, 5) is 10.1. The van der Waals surface area contributed by atoms with Crippen molar-refractivity contribution in [2.45, 2.75) is 39.1 Å². The van der Waals surface area contributed by atoms with Gasteiger partial charge in [-0.2, -0.15) is 8.78 Å². The lowest BCUT2D eigenvalue weighted by Crippen LogP contribution is -2.43. The lowest BCUT2D eigenvalue weighted by molar-refractivity contribution is -0.364. The highest BCUT2D eigenvalue weighted by Gasteiger charge is 2.32. The number of carboxylic acid groups (broad SMARTS) is 1. The minimum Gasteiger partial charge on any atom is -0.542 e. The molecule has 0 atom stereocenters. The lowest BCUT2D eigenvalue weighted by Gasteiger charge is -2.22. The number of hydrogen-bond donors (Lipinski definition) is 0. The van der Waals surface area contributed by atoms with Crippen molar-refractivity contribution >= 4 is 5.97 Å². The molecule has 112 valence electrons. The standard InChI is InChI=1S/C13H15F3O4/c1-12(2,3)20-10-6-8(4-5-9(10)14)7-19-13(15,16)11(17)18/h4-6H,7H2,1-3H3,(H,17,18)/p-1. The molecule has 0 radical (unpaired) electrons. The van der Waals surface area contributed by atoms with Crippen LogP contribution in [-0.4, -0.2) is 17.7 Å². The first-order chi connectivity index (χ1) is 9.01. The van der Waals surface area contributed by atoms with Gasteiger partial charge in [-0.15, -0.1) is 0 Å². The van der Waals surface area contributed by atoms with E-state index in [0.29, 0.717) is 0 Å². The van der Waals surface area contributed by atoms with E-state index in [0.717, 1.165) is 6.07 Å². The maximum atomic E-state index is 13.5. The second-order valence-corrected chi connectivity index (χ2v) is 5.07. The number of benzene rings is 1. The topological polar surface area (TPSA) is 58.6 Å². The first-order valence-corrected chi connectivity index (χ1v) is 5.72. The van der Waals surface area contributed by atoms with Crippen LogP contribution in [0.1, 0.15) is 26.3 Å². The summed E-state index contributed by atoms with van der Waals surface area (Å²) >= 11 is 0. The van der Waals surface area contributed by atoms with Crippen molar-refractivity contribution in [2.24, 2.45) is 0 Å². The van der Waals surface area contributed by atoms with Crippen LogP contribution in [-0.2, 0) is 16.1 Å². The van der Waals surface area contributed by atoms with Crippen LogP contribution >= 0.6 is 0 Å². The third-order valence-corrected chi connectivity index (χ3v) is 2.07. The molecule has 0 saturated carbocycles. The lowest BCUT2D eigenvalue weighted by atomic mass is 10.1.